The quantitative estimate of drug-likeness (QED) is 0.188. The molecular formula is C42H35N5O2. The Labute approximate surface area is 284 Å². The highest BCUT2D eigenvalue weighted by Gasteiger charge is 2.29. The molecule has 4 aromatic carbocycles. The molecule has 5 heterocycles. The predicted molar refractivity (Wildman–Crippen MR) is 198 cm³/mol. The number of benzene rings is 4. The van der Waals surface area contributed by atoms with Crippen LogP contribution in [-0.2, 0) is 9.47 Å². The van der Waals surface area contributed by atoms with Crippen LogP contribution in [0.5, 0.6) is 0 Å². The highest BCUT2D eigenvalue weighted by Crippen LogP contribution is 2.39. The second-order valence-corrected chi connectivity index (χ2v) is 14.1. The summed E-state index contributed by atoms with van der Waals surface area (Å²) in [7, 11) is 0. The number of rotatable bonds is 5. The van der Waals surface area contributed by atoms with Crippen LogP contribution in [0.4, 0.5) is 0 Å². The number of ether oxygens (including phenoxy) is 2. The zero-order valence-electron chi connectivity index (χ0n) is 27.9. The summed E-state index contributed by atoms with van der Waals surface area (Å²) < 4.78 is 14.4. The number of para-hydroxylation sites is 1. The predicted octanol–water partition coefficient (Wildman–Crippen LogP) is 9.17. The van der Waals surface area contributed by atoms with Crippen molar-refractivity contribution < 1.29 is 9.47 Å². The molecule has 49 heavy (non-hydrogen) atoms. The molecule has 240 valence electrons. The summed E-state index contributed by atoms with van der Waals surface area (Å²) >= 11 is 0. The summed E-state index contributed by atoms with van der Waals surface area (Å²) in [6.07, 6.45) is 3.71. The highest BCUT2D eigenvalue weighted by molar-refractivity contribution is 6.19. The van der Waals surface area contributed by atoms with Gasteiger partial charge in [-0.15, -0.1) is 0 Å². The van der Waals surface area contributed by atoms with Gasteiger partial charge in [0.05, 0.1) is 46.6 Å². The molecular weight excluding hydrogens is 606 g/mol. The van der Waals surface area contributed by atoms with Gasteiger partial charge in [-0.1, -0.05) is 54.6 Å². The second-order valence-electron chi connectivity index (χ2n) is 14.1. The van der Waals surface area contributed by atoms with Crippen molar-refractivity contribution in [3.8, 4) is 28.2 Å². The molecule has 7 aromatic rings. The fourth-order valence-corrected chi connectivity index (χ4v) is 6.86. The van der Waals surface area contributed by atoms with E-state index in [1.165, 1.54) is 21.7 Å². The zero-order chi connectivity index (χ0) is 33.3. The van der Waals surface area contributed by atoms with E-state index in [-0.39, 0.29) is 11.2 Å². The minimum atomic E-state index is -0.281. The van der Waals surface area contributed by atoms with Crippen molar-refractivity contribution in [3.63, 3.8) is 0 Å². The van der Waals surface area contributed by atoms with Gasteiger partial charge >= 0.3 is 0 Å². The average Bonchev–Trinajstić information content (AvgIpc) is 3.79. The van der Waals surface area contributed by atoms with E-state index in [1.54, 1.807) is 0 Å². The van der Waals surface area contributed by atoms with Crippen LogP contribution in [0.3, 0.4) is 0 Å². The molecule has 0 N–H and O–H groups in total. The van der Waals surface area contributed by atoms with E-state index in [2.05, 4.69) is 99.5 Å². The van der Waals surface area contributed by atoms with Gasteiger partial charge in [0.2, 0.25) is 11.8 Å². The minimum Gasteiger partial charge on any atom is -0.469 e. The molecule has 0 atom stereocenters. The maximum absolute atomic E-state index is 6.03. The van der Waals surface area contributed by atoms with E-state index in [0.29, 0.717) is 24.9 Å². The second kappa shape index (κ2) is 10.9. The van der Waals surface area contributed by atoms with Crippen LogP contribution in [0.1, 0.15) is 38.8 Å². The summed E-state index contributed by atoms with van der Waals surface area (Å²) in [4.78, 5) is 18.8. The van der Waals surface area contributed by atoms with Crippen LogP contribution in [-0.4, -0.2) is 50.6 Å². The third-order valence-corrected chi connectivity index (χ3v) is 9.32. The summed E-state index contributed by atoms with van der Waals surface area (Å²) in [6.45, 7) is 9.50. The smallest absolute Gasteiger partial charge is 0.218 e. The number of nitrogens with zero attached hydrogens (tertiary/aromatic N) is 5. The number of hydrogen-bond donors (Lipinski definition) is 0. The molecule has 0 fully saturated rings. The van der Waals surface area contributed by atoms with Crippen molar-refractivity contribution in [2.24, 2.45) is 9.98 Å². The van der Waals surface area contributed by atoms with Crippen molar-refractivity contribution in [2.45, 2.75) is 38.9 Å². The molecule has 7 heteroatoms. The molecule has 0 saturated heterocycles. The number of pyridine rings is 2. The van der Waals surface area contributed by atoms with Gasteiger partial charge < -0.3 is 14.0 Å². The first-order valence-corrected chi connectivity index (χ1v) is 16.7. The Hall–Kier alpha value is -5.82. The molecule has 0 saturated carbocycles. The van der Waals surface area contributed by atoms with E-state index in [0.717, 1.165) is 50.2 Å². The summed E-state index contributed by atoms with van der Waals surface area (Å²) in [5, 5.41) is 4.73. The van der Waals surface area contributed by atoms with Gasteiger partial charge in [0, 0.05) is 45.4 Å². The Kier molecular flexibility index (Phi) is 6.50. The molecule has 2 aliphatic rings. The van der Waals surface area contributed by atoms with E-state index < -0.39 is 0 Å². The van der Waals surface area contributed by atoms with Crippen LogP contribution in [0.25, 0.3) is 60.8 Å². The van der Waals surface area contributed by atoms with Crippen LogP contribution >= 0.6 is 0 Å². The minimum absolute atomic E-state index is 0.275. The van der Waals surface area contributed by atoms with E-state index >= 15 is 0 Å². The summed E-state index contributed by atoms with van der Waals surface area (Å²) in [6, 6.07) is 36.5. The third-order valence-electron chi connectivity index (χ3n) is 9.32. The van der Waals surface area contributed by atoms with Gasteiger partial charge in [-0.05, 0) is 81.6 Å². The van der Waals surface area contributed by atoms with Gasteiger partial charge in [-0.25, -0.2) is 9.98 Å². The van der Waals surface area contributed by atoms with Gasteiger partial charge in [-0.2, -0.15) is 0 Å². The zero-order valence-corrected chi connectivity index (χ0v) is 27.9. The molecule has 0 bridgehead atoms. The largest absolute Gasteiger partial charge is 0.469 e. The number of hydrogen-bond acceptors (Lipinski definition) is 6. The fraction of sp³-hybridized carbons (Fsp3) is 0.190. The SMILES string of the molecule is CC1(C)CN=C(c2ccc(-c3ccc4c(ccc5c6ccc(-c7ccc(C8=NCC(C)(C)O8)cn7)cc6n(-c6ccccc6)c45)c3)nc2)O1. The lowest BCUT2D eigenvalue weighted by Crippen LogP contribution is -2.24. The molecule has 0 amide bonds. The standard InChI is InChI=1S/C42H35N5O2/c1-41(2)24-45-39(48-41)29-13-18-35(43-22-29)27-11-15-32-26(20-27)10-17-34-33-16-12-28(21-37(33)47(38(32)34)31-8-6-5-7-9-31)36-19-14-30(23-44-36)40-46-25-42(3,4)49-40/h5-23H,24-25H2,1-4H3. The molecule has 0 unspecified atom stereocenters. The Balaban J connectivity index is 1.13. The van der Waals surface area contributed by atoms with Gasteiger partial charge in [0.25, 0.3) is 0 Å². The van der Waals surface area contributed by atoms with Gasteiger partial charge in [0.1, 0.15) is 11.2 Å². The fourth-order valence-electron chi connectivity index (χ4n) is 6.86. The van der Waals surface area contributed by atoms with E-state index in [1.807, 2.05) is 58.3 Å². The summed E-state index contributed by atoms with van der Waals surface area (Å²) in [5.41, 5.74) is 8.56. The Morgan fingerprint density at radius 3 is 1.65 bits per heavy atom. The highest BCUT2D eigenvalue weighted by atomic mass is 16.5. The van der Waals surface area contributed by atoms with Crippen molar-refractivity contribution in [3.05, 3.63) is 127 Å². The lowest BCUT2D eigenvalue weighted by molar-refractivity contribution is 0.131. The molecule has 0 spiro atoms. The molecule has 9 rings (SSSR count). The first-order chi connectivity index (χ1) is 23.7. The summed E-state index contributed by atoms with van der Waals surface area (Å²) in [5.74, 6) is 1.32. The molecule has 7 nitrogen and oxygen atoms in total. The monoisotopic (exact) mass is 641 g/mol. The maximum Gasteiger partial charge on any atom is 0.218 e. The number of aromatic nitrogens is 3. The van der Waals surface area contributed by atoms with Crippen LogP contribution in [0.15, 0.2) is 126 Å². The lowest BCUT2D eigenvalue weighted by Gasteiger charge is -2.17. The number of fused-ring (bicyclic) bond motifs is 5. The van der Waals surface area contributed by atoms with Crippen molar-refractivity contribution in [1.29, 1.82) is 0 Å². The van der Waals surface area contributed by atoms with Crippen molar-refractivity contribution in [2.75, 3.05) is 13.1 Å². The van der Waals surface area contributed by atoms with Crippen LogP contribution in [0, 0.1) is 0 Å². The molecule has 2 aliphatic heterocycles. The Morgan fingerprint density at radius 2 is 1.10 bits per heavy atom. The molecule has 0 aliphatic carbocycles. The maximum atomic E-state index is 6.03. The normalized spacial score (nSPS) is 16.5. The third kappa shape index (κ3) is 5.13. The van der Waals surface area contributed by atoms with E-state index in [4.69, 9.17) is 19.4 Å². The first-order valence-electron chi connectivity index (χ1n) is 16.7. The topological polar surface area (TPSA) is 73.9 Å². The van der Waals surface area contributed by atoms with Gasteiger partial charge in [0.15, 0.2) is 0 Å². The van der Waals surface area contributed by atoms with Crippen LogP contribution < -0.4 is 0 Å². The van der Waals surface area contributed by atoms with Crippen molar-refractivity contribution >= 4 is 44.4 Å². The molecule has 0 radical (unpaired) electrons. The Bertz CT molecular complexity index is 2470. The Morgan fingerprint density at radius 1 is 0.551 bits per heavy atom. The average molecular weight is 642 g/mol. The number of aliphatic imine (C=N–C) groups is 2. The first kappa shape index (κ1) is 29.3. The molecule has 3 aromatic heterocycles. The van der Waals surface area contributed by atoms with E-state index in [9.17, 15) is 0 Å². The van der Waals surface area contributed by atoms with Gasteiger partial charge in [-0.3, -0.25) is 9.97 Å². The van der Waals surface area contributed by atoms with Crippen LogP contribution in [0.2, 0.25) is 0 Å². The van der Waals surface area contributed by atoms with Crippen molar-refractivity contribution in [1.82, 2.24) is 14.5 Å². The lowest BCUT2D eigenvalue weighted by atomic mass is 10.0.